The fourth-order valence-corrected chi connectivity index (χ4v) is 2.49. The van der Waals surface area contributed by atoms with E-state index in [1.165, 1.54) is 0 Å². The summed E-state index contributed by atoms with van der Waals surface area (Å²) in [4.78, 5) is 22.8. The number of hydrogen-bond donors (Lipinski definition) is 2. The Balaban J connectivity index is 2.59. The molecule has 0 aliphatic carbocycles. The second-order valence-electron chi connectivity index (χ2n) is 6.09. The molecule has 0 aromatic heterocycles. The predicted octanol–water partition coefficient (Wildman–Crippen LogP) is 2.28. The molecule has 0 spiro atoms. The van der Waals surface area contributed by atoms with E-state index in [-0.39, 0.29) is 11.3 Å². The number of carbonyl (C=O) groups is 2. The molecule has 0 heterocycles. The Morgan fingerprint density at radius 2 is 2.09 bits per heavy atom. The zero-order valence-corrected chi connectivity index (χ0v) is 15.0. The molecule has 6 heteroatoms. The topological polar surface area (TPSA) is 67.4 Å². The van der Waals surface area contributed by atoms with Crippen LogP contribution in [0.3, 0.4) is 0 Å². The summed E-state index contributed by atoms with van der Waals surface area (Å²) in [6.07, 6.45) is 1.25. The molecule has 0 aliphatic rings. The van der Waals surface area contributed by atoms with Gasteiger partial charge in [-0.1, -0.05) is 26.8 Å². The van der Waals surface area contributed by atoms with Crippen LogP contribution in [0.15, 0.2) is 22.7 Å². The summed E-state index contributed by atoms with van der Waals surface area (Å²) in [6.45, 7) is 6.23. The minimum absolute atomic E-state index is 0.177. The molecule has 1 aromatic carbocycles. The third kappa shape index (κ3) is 5.33. The lowest BCUT2D eigenvalue weighted by atomic mass is 9.86. The maximum Gasteiger partial charge on any atom is 0.243 e. The first-order valence-corrected chi connectivity index (χ1v) is 7.88. The Labute approximate surface area is 139 Å². The number of nitrogens with one attached hydrogen (secondary N) is 2. The average Bonchev–Trinajstić information content (AvgIpc) is 2.45. The summed E-state index contributed by atoms with van der Waals surface area (Å²) >= 11 is 3.40. The van der Waals surface area contributed by atoms with E-state index >= 15 is 0 Å². The second kappa shape index (κ2) is 8.17. The van der Waals surface area contributed by atoms with Gasteiger partial charge in [0.15, 0.2) is 0 Å². The minimum Gasteiger partial charge on any atom is -0.496 e. The Kier molecular flexibility index (Phi) is 6.87. The predicted molar refractivity (Wildman–Crippen MR) is 89.9 cm³/mol. The zero-order chi connectivity index (χ0) is 16.8. The van der Waals surface area contributed by atoms with E-state index in [2.05, 4.69) is 26.6 Å². The van der Waals surface area contributed by atoms with Crippen molar-refractivity contribution >= 4 is 28.2 Å². The molecule has 2 amide bonds. The van der Waals surface area contributed by atoms with Crippen LogP contribution in [0.1, 0.15) is 26.3 Å². The van der Waals surface area contributed by atoms with Crippen LogP contribution in [0.4, 0.5) is 0 Å². The molecule has 2 N–H and O–H groups in total. The van der Waals surface area contributed by atoms with E-state index in [1.807, 2.05) is 39.0 Å². The summed E-state index contributed by atoms with van der Waals surface area (Å²) in [7, 11) is 1.62. The first kappa shape index (κ1) is 18.5. The van der Waals surface area contributed by atoms with Crippen molar-refractivity contribution in [1.82, 2.24) is 10.6 Å². The fraction of sp³-hybridized carbons (Fsp3) is 0.500. The number of carbonyl (C=O) groups excluding carboxylic acids is 2. The molecule has 122 valence electrons. The van der Waals surface area contributed by atoms with Gasteiger partial charge in [0.05, 0.1) is 11.6 Å². The van der Waals surface area contributed by atoms with Crippen LogP contribution in [0.2, 0.25) is 0 Å². The molecule has 22 heavy (non-hydrogen) atoms. The van der Waals surface area contributed by atoms with Crippen molar-refractivity contribution in [3.05, 3.63) is 28.2 Å². The third-order valence-corrected chi connectivity index (χ3v) is 3.95. The quantitative estimate of drug-likeness (QED) is 0.723. The largest absolute Gasteiger partial charge is 0.496 e. The number of benzene rings is 1. The van der Waals surface area contributed by atoms with Crippen LogP contribution >= 0.6 is 15.9 Å². The lowest BCUT2D eigenvalue weighted by Crippen LogP contribution is -2.51. The highest BCUT2D eigenvalue weighted by molar-refractivity contribution is 9.10. The van der Waals surface area contributed by atoms with E-state index < -0.39 is 6.04 Å². The maximum atomic E-state index is 12.2. The number of amides is 2. The molecule has 0 fully saturated rings. The molecule has 0 saturated carbocycles. The van der Waals surface area contributed by atoms with Crippen LogP contribution in [0.5, 0.6) is 5.75 Å². The Hall–Kier alpha value is -1.56. The van der Waals surface area contributed by atoms with Crippen molar-refractivity contribution in [2.45, 2.75) is 33.2 Å². The van der Waals surface area contributed by atoms with Crippen LogP contribution in [0, 0.1) is 5.41 Å². The second-order valence-corrected chi connectivity index (χ2v) is 6.95. The van der Waals surface area contributed by atoms with Gasteiger partial charge in [-0.15, -0.1) is 0 Å². The van der Waals surface area contributed by atoms with Gasteiger partial charge in [0.2, 0.25) is 12.3 Å². The first-order chi connectivity index (χ1) is 10.3. The number of halogens is 1. The standard InChI is InChI=1S/C16H23BrN2O3/c1-16(2,3)14(19-10-20)15(21)18-8-7-11-5-6-12(17)13(9-11)22-4/h5-6,9-10,14H,7-8H2,1-4H3,(H,18,21)(H,19,20)/t14-/m1/s1. The molecule has 0 bridgehead atoms. The fourth-order valence-electron chi connectivity index (χ4n) is 2.08. The highest BCUT2D eigenvalue weighted by atomic mass is 79.9. The van der Waals surface area contributed by atoms with E-state index in [1.54, 1.807) is 7.11 Å². The van der Waals surface area contributed by atoms with Crippen molar-refractivity contribution in [3.63, 3.8) is 0 Å². The zero-order valence-electron chi connectivity index (χ0n) is 13.4. The Morgan fingerprint density at radius 3 is 2.64 bits per heavy atom. The van der Waals surface area contributed by atoms with Gasteiger partial charge in [-0.2, -0.15) is 0 Å². The molecule has 5 nitrogen and oxygen atoms in total. The monoisotopic (exact) mass is 370 g/mol. The minimum atomic E-state index is -0.551. The van der Waals surface area contributed by atoms with Gasteiger partial charge in [-0.05, 0) is 45.5 Å². The van der Waals surface area contributed by atoms with Gasteiger partial charge < -0.3 is 15.4 Å². The summed E-state index contributed by atoms with van der Waals surface area (Å²) in [6, 6.07) is 5.27. The third-order valence-electron chi connectivity index (χ3n) is 3.29. The highest BCUT2D eigenvalue weighted by Gasteiger charge is 2.30. The highest BCUT2D eigenvalue weighted by Crippen LogP contribution is 2.25. The molecule has 0 radical (unpaired) electrons. The Bertz CT molecular complexity index is 527. The van der Waals surface area contributed by atoms with E-state index in [0.29, 0.717) is 19.4 Å². The Morgan fingerprint density at radius 1 is 1.41 bits per heavy atom. The van der Waals surface area contributed by atoms with E-state index in [9.17, 15) is 9.59 Å². The van der Waals surface area contributed by atoms with Crippen molar-refractivity contribution < 1.29 is 14.3 Å². The molecular weight excluding hydrogens is 348 g/mol. The number of ether oxygens (including phenoxy) is 1. The van der Waals surface area contributed by atoms with Crippen molar-refractivity contribution in [3.8, 4) is 5.75 Å². The molecule has 0 unspecified atom stereocenters. The SMILES string of the molecule is COc1cc(CCNC(=O)[C@@H](NC=O)C(C)(C)C)ccc1Br. The van der Waals surface area contributed by atoms with Gasteiger partial charge in [0, 0.05) is 6.54 Å². The number of hydrogen-bond acceptors (Lipinski definition) is 3. The van der Waals surface area contributed by atoms with E-state index in [4.69, 9.17) is 4.74 Å². The molecule has 0 aliphatic heterocycles. The number of rotatable bonds is 7. The molecule has 1 atom stereocenters. The van der Waals surface area contributed by atoms with Crippen molar-refractivity contribution in [2.75, 3.05) is 13.7 Å². The van der Waals surface area contributed by atoms with Crippen LogP contribution in [-0.2, 0) is 16.0 Å². The molecular formula is C16H23BrN2O3. The average molecular weight is 371 g/mol. The van der Waals surface area contributed by atoms with Gasteiger partial charge in [-0.25, -0.2) is 0 Å². The lowest BCUT2D eigenvalue weighted by Gasteiger charge is -2.28. The van der Waals surface area contributed by atoms with Crippen molar-refractivity contribution in [1.29, 1.82) is 0 Å². The van der Waals surface area contributed by atoms with Gasteiger partial charge >= 0.3 is 0 Å². The van der Waals surface area contributed by atoms with Crippen LogP contribution in [0.25, 0.3) is 0 Å². The first-order valence-electron chi connectivity index (χ1n) is 7.09. The molecule has 1 aromatic rings. The summed E-state index contributed by atoms with van der Waals surface area (Å²) in [5.74, 6) is 0.586. The molecule has 0 saturated heterocycles. The van der Waals surface area contributed by atoms with Crippen molar-refractivity contribution in [2.24, 2.45) is 5.41 Å². The summed E-state index contributed by atoms with van der Waals surface area (Å²) in [5, 5.41) is 5.44. The van der Waals surface area contributed by atoms with Crippen LogP contribution in [-0.4, -0.2) is 32.0 Å². The lowest BCUT2D eigenvalue weighted by molar-refractivity contribution is -0.128. The van der Waals surface area contributed by atoms with Gasteiger partial charge in [0.1, 0.15) is 11.8 Å². The van der Waals surface area contributed by atoms with E-state index in [0.717, 1.165) is 15.8 Å². The summed E-state index contributed by atoms with van der Waals surface area (Å²) in [5.41, 5.74) is 0.724. The van der Waals surface area contributed by atoms with Gasteiger partial charge in [0.25, 0.3) is 0 Å². The number of methoxy groups -OCH3 is 1. The van der Waals surface area contributed by atoms with Gasteiger partial charge in [-0.3, -0.25) is 9.59 Å². The smallest absolute Gasteiger partial charge is 0.243 e. The maximum absolute atomic E-state index is 12.2. The summed E-state index contributed by atoms with van der Waals surface area (Å²) < 4.78 is 6.14. The molecule has 1 rings (SSSR count). The van der Waals surface area contributed by atoms with Crippen LogP contribution < -0.4 is 15.4 Å². The normalized spacial score (nSPS) is 12.4.